The van der Waals surface area contributed by atoms with Gasteiger partial charge in [-0.05, 0) is 23.8 Å². The van der Waals surface area contributed by atoms with Crippen LogP contribution in [-0.4, -0.2) is 33.9 Å². The third-order valence-electron chi connectivity index (χ3n) is 2.95. The Morgan fingerprint density at radius 1 is 1.44 bits per heavy atom. The number of benzene rings is 1. The summed E-state index contributed by atoms with van der Waals surface area (Å²) in [6.45, 7) is 0.943. The molecule has 0 amide bonds. The third kappa shape index (κ3) is 2.07. The molecule has 16 heavy (non-hydrogen) atoms. The molecular formula is C12H17N3O. The number of nitrogens with zero attached hydrogens (tertiary/aromatic N) is 3. The second-order valence-electron chi connectivity index (χ2n) is 4.06. The van der Waals surface area contributed by atoms with Gasteiger partial charge in [-0.25, -0.2) is 0 Å². The zero-order valence-electron chi connectivity index (χ0n) is 9.97. The van der Waals surface area contributed by atoms with Crippen molar-refractivity contribution in [2.45, 2.75) is 12.5 Å². The van der Waals surface area contributed by atoms with Crippen LogP contribution in [-0.2, 0) is 11.2 Å². The molecule has 0 spiro atoms. The van der Waals surface area contributed by atoms with Crippen molar-refractivity contribution in [1.29, 1.82) is 0 Å². The zero-order chi connectivity index (χ0) is 11.5. The van der Waals surface area contributed by atoms with E-state index in [1.165, 1.54) is 11.3 Å². The van der Waals surface area contributed by atoms with Crippen LogP contribution in [0.1, 0.15) is 5.56 Å². The number of fused-ring (bicyclic) bond motifs is 1. The minimum absolute atomic E-state index is 0.270. The summed E-state index contributed by atoms with van der Waals surface area (Å²) in [5, 5.41) is 7.85. The fourth-order valence-electron chi connectivity index (χ4n) is 2.16. The number of hydrogen-bond donors (Lipinski definition) is 0. The van der Waals surface area contributed by atoms with Crippen molar-refractivity contribution in [3.05, 3.63) is 23.8 Å². The van der Waals surface area contributed by atoms with Crippen LogP contribution in [0.4, 0.5) is 11.4 Å². The first-order valence-corrected chi connectivity index (χ1v) is 5.41. The molecule has 1 atom stereocenters. The lowest BCUT2D eigenvalue weighted by atomic mass is 9.99. The molecule has 0 saturated carbocycles. The second-order valence-corrected chi connectivity index (χ2v) is 4.06. The topological polar surface area (TPSA) is 37.2 Å². The molecule has 4 heteroatoms. The first kappa shape index (κ1) is 11.1. The molecule has 0 fully saturated rings. The van der Waals surface area contributed by atoms with Gasteiger partial charge in [0, 0.05) is 39.9 Å². The van der Waals surface area contributed by atoms with Crippen LogP contribution in [0.2, 0.25) is 0 Å². The Kier molecular flexibility index (Phi) is 3.19. The van der Waals surface area contributed by atoms with Gasteiger partial charge in [0.1, 0.15) is 0 Å². The monoisotopic (exact) mass is 219 g/mol. The molecule has 0 aromatic heterocycles. The summed E-state index contributed by atoms with van der Waals surface area (Å²) in [4.78, 5) is 2.22. The molecule has 0 radical (unpaired) electrons. The number of rotatable bonds is 2. The average molecular weight is 219 g/mol. The highest BCUT2D eigenvalue weighted by Gasteiger charge is 2.21. The number of ether oxygens (including phenoxy) is 1. The van der Waals surface area contributed by atoms with Gasteiger partial charge in [-0.1, -0.05) is 0 Å². The SMILES string of the molecule is CN=Nc1ccc2c(c1)CC(OC)CN2C. The molecule has 86 valence electrons. The number of azo groups is 1. The maximum atomic E-state index is 5.42. The standard InChI is InChI=1S/C12H17N3O/c1-13-14-10-4-5-12-9(6-10)7-11(16-3)8-15(12)2/h4-6,11H,7-8H2,1-3H3. The fourth-order valence-corrected chi connectivity index (χ4v) is 2.16. The van der Waals surface area contributed by atoms with E-state index in [2.05, 4.69) is 34.3 Å². The molecule has 0 aliphatic carbocycles. The second kappa shape index (κ2) is 4.61. The largest absolute Gasteiger partial charge is 0.379 e. The number of likely N-dealkylation sites (N-methyl/N-ethyl adjacent to an activating group) is 1. The van der Waals surface area contributed by atoms with Crippen molar-refractivity contribution in [3.8, 4) is 0 Å². The first-order chi connectivity index (χ1) is 7.74. The summed E-state index contributed by atoms with van der Waals surface area (Å²) in [7, 11) is 5.54. The van der Waals surface area contributed by atoms with E-state index < -0.39 is 0 Å². The third-order valence-corrected chi connectivity index (χ3v) is 2.95. The van der Waals surface area contributed by atoms with E-state index in [9.17, 15) is 0 Å². The molecule has 1 aromatic rings. The maximum Gasteiger partial charge on any atom is 0.0856 e. The molecule has 0 N–H and O–H groups in total. The van der Waals surface area contributed by atoms with E-state index in [0.717, 1.165) is 18.7 Å². The predicted molar refractivity (Wildman–Crippen MR) is 64.7 cm³/mol. The minimum atomic E-state index is 0.270. The van der Waals surface area contributed by atoms with E-state index in [-0.39, 0.29) is 6.10 Å². The minimum Gasteiger partial charge on any atom is -0.379 e. The Labute approximate surface area is 95.9 Å². The molecule has 1 aliphatic heterocycles. The highest BCUT2D eigenvalue weighted by Crippen LogP contribution is 2.30. The molecular weight excluding hydrogens is 202 g/mol. The zero-order valence-corrected chi connectivity index (χ0v) is 9.97. The van der Waals surface area contributed by atoms with Crippen LogP contribution in [0.3, 0.4) is 0 Å². The molecule has 2 rings (SSSR count). The van der Waals surface area contributed by atoms with Gasteiger partial charge in [-0.15, -0.1) is 0 Å². The van der Waals surface area contributed by atoms with Gasteiger partial charge in [-0.2, -0.15) is 10.2 Å². The molecule has 4 nitrogen and oxygen atoms in total. The highest BCUT2D eigenvalue weighted by molar-refractivity contribution is 5.60. The fraction of sp³-hybridized carbons (Fsp3) is 0.500. The van der Waals surface area contributed by atoms with E-state index in [1.807, 2.05) is 6.07 Å². The summed E-state index contributed by atoms with van der Waals surface area (Å²) in [6.07, 6.45) is 1.22. The number of methoxy groups -OCH3 is 1. The number of hydrogen-bond acceptors (Lipinski definition) is 4. The average Bonchev–Trinajstić information content (AvgIpc) is 2.29. The summed E-state index contributed by atoms with van der Waals surface area (Å²) in [5.41, 5.74) is 3.46. The van der Waals surface area contributed by atoms with Gasteiger partial charge in [0.05, 0.1) is 11.8 Å². The molecule has 1 heterocycles. The van der Waals surface area contributed by atoms with E-state index in [4.69, 9.17) is 4.74 Å². The van der Waals surface area contributed by atoms with Gasteiger partial charge in [0.2, 0.25) is 0 Å². The van der Waals surface area contributed by atoms with Crippen LogP contribution < -0.4 is 4.90 Å². The summed E-state index contributed by atoms with van der Waals surface area (Å²) < 4.78 is 5.42. The number of anilines is 1. The van der Waals surface area contributed by atoms with E-state index in [1.54, 1.807) is 14.2 Å². The van der Waals surface area contributed by atoms with Crippen molar-refractivity contribution in [1.82, 2.24) is 0 Å². The van der Waals surface area contributed by atoms with Gasteiger partial charge in [-0.3, -0.25) is 0 Å². The maximum absolute atomic E-state index is 5.42. The Balaban J connectivity index is 2.34. The lowest BCUT2D eigenvalue weighted by molar-refractivity contribution is 0.105. The van der Waals surface area contributed by atoms with Crippen LogP contribution >= 0.6 is 0 Å². The van der Waals surface area contributed by atoms with Gasteiger partial charge in [0.25, 0.3) is 0 Å². The summed E-state index contributed by atoms with van der Waals surface area (Å²) in [5.74, 6) is 0. The summed E-state index contributed by atoms with van der Waals surface area (Å²) in [6, 6.07) is 6.19. The van der Waals surface area contributed by atoms with Crippen LogP contribution in [0, 0.1) is 0 Å². The van der Waals surface area contributed by atoms with Crippen LogP contribution in [0.5, 0.6) is 0 Å². The Morgan fingerprint density at radius 2 is 2.25 bits per heavy atom. The van der Waals surface area contributed by atoms with Crippen molar-refractivity contribution in [2.75, 3.05) is 32.6 Å². The first-order valence-electron chi connectivity index (χ1n) is 5.41. The van der Waals surface area contributed by atoms with Gasteiger partial charge in [0.15, 0.2) is 0 Å². The van der Waals surface area contributed by atoms with Gasteiger partial charge >= 0.3 is 0 Å². The molecule has 1 unspecified atom stereocenters. The Morgan fingerprint density at radius 3 is 2.94 bits per heavy atom. The molecule has 0 saturated heterocycles. The van der Waals surface area contributed by atoms with Crippen molar-refractivity contribution < 1.29 is 4.74 Å². The lowest BCUT2D eigenvalue weighted by Crippen LogP contribution is -2.36. The molecule has 1 aromatic carbocycles. The molecule has 0 bridgehead atoms. The smallest absolute Gasteiger partial charge is 0.0856 e. The predicted octanol–water partition coefficient (Wildman–Crippen LogP) is 2.41. The lowest BCUT2D eigenvalue weighted by Gasteiger charge is -2.32. The van der Waals surface area contributed by atoms with Crippen molar-refractivity contribution in [3.63, 3.8) is 0 Å². The quantitative estimate of drug-likeness (QED) is 0.716. The van der Waals surface area contributed by atoms with E-state index in [0.29, 0.717) is 0 Å². The summed E-state index contributed by atoms with van der Waals surface area (Å²) >= 11 is 0. The van der Waals surface area contributed by atoms with Crippen LogP contribution in [0.25, 0.3) is 0 Å². The highest BCUT2D eigenvalue weighted by atomic mass is 16.5. The van der Waals surface area contributed by atoms with Crippen molar-refractivity contribution in [2.24, 2.45) is 10.2 Å². The molecule has 1 aliphatic rings. The van der Waals surface area contributed by atoms with Crippen molar-refractivity contribution >= 4 is 11.4 Å². The Bertz CT molecular complexity index is 403. The van der Waals surface area contributed by atoms with Crippen LogP contribution in [0.15, 0.2) is 28.4 Å². The normalized spacial score (nSPS) is 20.2. The van der Waals surface area contributed by atoms with E-state index >= 15 is 0 Å². The Hall–Kier alpha value is -1.42. The van der Waals surface area contributed by atoms with Gasteiger partial charge < -0.3 is 9.64 Å².